The summed E-state index contributed by atoms with van der Waals surface area (Å²) in [5, 5.41) is 4.03. The predicted octanol–water partition coefficient (Wildman–Crippen LogP) is 4.35. The predicted molar refractivity (Wildman–Crippen MR) is 105 cm³/mol. The van der Waals surface area contributed by atoms with Crippen molar-refractivity contribution in [3.63, 3.8) is 0 Å². The minimum Gasteiger partial charge on any atom is -0.378 e. The van der Waals surface area contributed by atoms with Gasteiger partial charge in [0.15, 0.2) is 0 Å². The molecule has 138 valence electrons. The molecular weight excluding hydrogens is 363 g/mol. The van der Waals surface area contributed by atoms with Gasteiger partial charge < -0.3 is 15.0 Å². The highest BCUT2D eigenvalue weighted by Gasteiger charge is 2.11. The highest BCUT2D eigenvalue weighted by Crippen LogP contribution is 2.27. The average molecular weight is 382 g/mol. The maximum atomic E-state index is 13.0. The van der Waals surface area contributed by atoms with Gasteiger partial charge in [-0.05, 0) is 54.6 Å². The Hall–Kier alpha value is -2.64. The van der Waals surface area contributed by atoms with E-state index in [1.165, 1.54) is 29.6 Å². The number of aromatic nitrogens is 2. The van der Waals surface area contributed by atoms with Crippen LogP contribution in [-0.4, -0.2) is 36.3 Å². The van der Waals surface area contributed by atoms with Gasteiger partial charge in [-0.1, -0.05) is 11.8 Å². The highest BCUT2D eigenvalue weighted by atomic mass is 32.2. The second kappa shape index (κ2) is 8.37. The number of hydrogen-bond acceptors (Lipinski definition) is 6. The zero-order valence-corrected chi connectivity index (χ0v) is 15.5. The lowest BCUT2D eigenvalue weighted by molar-refractivity contribution is 0.122. The molecule has 4 rings (SSSR count). The van der Waals surface area contributed by atoms with Crippen LogP contribution in [0.2, 0.25) is 0 Å². The van der Waals surface area contributed by atoms with E-state index >= 15 is 0 Å². The molecule has 0 radical (unpaired) electrons. The number of rotatable bonds is 5. The summed E-state index contributed by atoms with van der Waals surface area (Å²) >= 11 is 1.47. The van der Waals surface area contributed by atoms with Gasteiger partial charge in [-0.15, -0.1) is 0 Å². The normalized spacial score (nSPS) is 14.2. The molecule has 2 aromatic carbocycles. The first-order valence-electron chi connectivity index (χ1n) is 8.72. The third-order valence-electron chi connectivity index (χ3n) is 4.17. The number of anilines is 3. The van der Waals surface area contributed by atoms with Gasteiger partial charge in [0.05, 0.1) is 13.2 Å². The number of benzene rings is 2. The Morgan fingerprint density at radius 1 is 0.963 bits per heavy atom. The van der Waals surface area contributed by atoms with Crippen LogP contribution in [0.4, 0.5) is 21.7 Å². The zero-order valence-electron chi connectivity index (χ0n) is 14.6. The van der Waals surface area contributed by atoms with E-state index in [9.17, 15) is 4.39 Å². The Bertz CT molecular complexity index is 883. The van der Waals surface area contributed by atoms with Crippen molar-refractivity contribution in [2.24, 2.45) is 0 Å². The highest BCUT2D eigenvalue weighted by molar-refractivity contribution is 7.99. The van der Waals surface area contributed by atoms with Crippen molar-refractivity contribution < 1.29 is 9.13 Å². The van der Waals surface area contributed by atoms with Crippen molar-refractivity contribution in [3.8, 4) is 0 Å². The molecule has 0 spiro atoms. The lowest BCUT2D eigenvalue weighted by atomic mass is 10.2. The molecule has 0 aliphatic carbocycles. The van der Waals surface area contributed by atoms with Crippen molar-refractivity contribution in [1.82, 2.24) is 9.97 Å². The van der Waals surface area contributed by atoms with E-state index in [-0.39, 0.29) is 5.82 Å². The van der Waals surface area contributed by atoms with Gasteiger partial charge >= 0.3 is 0 Å². The fourth-order valence-electron chi connectivity index (χ4n) is 2.79. The molecule has 1 aliphatic rings. The SMILES string of the molecule is Fc1ccc(Sc2ccnc(Nc3ccc(N4CCOCC4)cc3)n2)cc1. The van der Waals surface area contributed by atoms with Gasteiger partial charge in [-0.2, -0.15) is 0 Å². The van der Waals surface area contributed by atoms with E-state index in [0.29, 0.717) is 5.95 Å². The Balaban J connectivity index is 1.42. The quantitative estimate of drug-likeness (QED) is 0.662. The molecular formula is C20H19FN4OS. The number of hydrogen-bond donors (Lipinski definition) is 1. The van der Waals surface area contributed by atoms with Gasteiger partial charge in [0.25, 0.3) is 0 Å². The van der Waals surface area contributed by atoms with Crippen molar-refractivity contribution >= 4 is 29.1 Å². The minimum absolute atomic E-state index is 0.245. The fourth-order valence-corrected chi connectivity index (χ4v) is 3.56. The Morgan fingerprint density at radius 2 is 1.70 bits per heavy atom. The molecule has 1 saturated heterocycles. The summed E-state index contributed by atoms with van der Waals surface area (Å²) in [6.07, 6.45) is 1.71. The second-order valence-corrected chi connectivity index (χ2v) is 7.14. The molecule has 0 saturated carbocycles. The Morgan fingerprint density at radius 3 is 2.44 bits per heavy atom. The molecule has 0 unspecified atom stereocenters. The zero-order chi connectivity index (χ0) is 18.5. The van der Waals surface area contributed by atoms with Crippen LogP contribution in [-0.2, 0) is 4.74 Å². The van der Waals surface area contributed by atoms with E-state index in [4.69, 9.17) is 4.74 Å². The first kappa shape index (κ1) is 17.8. The third kappa shape index (κ3) is 4.75. The van der Waals surface area contributed by atoms with Crippen LogP contribution in [0, 0.1) is 5.82 Å². The van der Waals surface area contributed by atoms with E-state index in [1.807, 2.05) is 18.2 Å². The summed E-state index contributed by atoms with van der Waals surface area (Å²) in [6.45, 7) is 3.37. The molecule has 0 atom stereocenters. The van der Waals surface area contributed by atoms with Gasteiger partial charge in [0.2, 0.25) is 5.95 Å². The lowest BCUT2D eigenvalue weighted by Crippen LogP contribution is -2.36. The monoisotopic (exact) mass is 382 g/mol. The maximum absolute atomic E-state index is 13.0. The molecule has 0 bridgehead atoms. The topological polar surface area (TPSA) is 50.3 Å². The fraction of sp³-hybridized carbons (Fsp3) is 0.200. The van der Waals surface area contributed by atoms with Gasteiger partial charge in [0.1, 0.15) is 10.8 Å². The largest absolute Gasteiger partial charge is 0.378 e. The number of nitrogens with zero attached hydrogens (tertiary/aromatic N) is 3. The lowest BCUT2D eigenvalue weighted by Gasteiger charge is -2.28. The minimum atomic E-state index is -0.245. The summed E-state index contributed by atoms with van der Waals surface area (Å²) in [4.78, 5) is 12.0. The summed E-state index contributed by atoms with van der Waals surface area (Å²) < 4.78 is 18.4. The van der Waals surface area contributed by atoms with E-state index in [2.05, 4.69) is 32.3 Å². The van der Waals surface area contributed by atoms with Crippen LogP contribution >= 0.6 is 11.8 Å². The smallest absolute Gasteiger partial charge is 0.228 e. The van der Waals surface area contributed by atoms with Crippen LogP contribution < -0.4 is 10.2 Å². The van der Waals surface area contributed by atoms with E-state index in [0.717, 1.165) is 41.9 Å². The van der Waals surface area contributed by atoms with Crippen LogP contribution in [0.5, 0.6) is 0 Å². The van der Waals surface area contributed by atoms with Crippen LogP contribution in [0.3, 0.4) is 0 Å². The molecule has 1 N–H and O–H groups in total. The molecule has 0 amide bonds. The summed E-state index contributed by atoms with van der Waals surface area (Å²) in [5.74, 6) is 0.283. The van der Waals surface area contributed by atoms with Crippen molar-refractivity contribution in [2.75, 3.05) is 36.5 Å². The summed E-state index contributed by atoms with van der Waals surface area (Å²) in [5.41, 5.74) is 2.11. The molecule has 2 heterocycles. The number of nitrogens with one attached hydrogen (secondary N) is 1. The Kier molecular flexibility index (Phi) is 5.50. The first-order valence-corrected chi connectivity index (χ1v) is 9.54. The average Bonchev–Trinajstić information content (AvgIpc) is 2.71. The molecule has 1 fully saturated rings. The molecule has 27 heavy (non-hydrogen) atoms. The molecule has 5 nitrogen and oxygen atoms in total. The molecule has 1 aromatic heterocycles. The number of morpholine rings is 1. The molecule has 3 aromatic rings. The standard InChI is InChI=1S/C20H19FN4OS/c21-15-1-7-18(8-2-15)27-19-9-10-22-20(24-19)23-16-3-5-17(6-4-16)25-11-13-26-14-12-25/h1-10H,11-14H2,(H,22,23,24). The van der Waals surface area contributed by atoms with Crippen LogP contribution in [0.15, 0.2) is 70.7 Å². The van der Waals surface area contributed by atoms with Gasteiger partial charge in [0, 0.05) is 35.6 Å². The second-order valence-electron chi connectivity index (χ2n) is 6.05. The van der Waals surface area contributed by atoms with Crippen LogP contribution in [0.1, 0.15) is 0 Å². The van der Waals surface area contributed by atoms with Crippen molar-refractivity contribution in [1.29, 1.82) is 0 Å². The summed E-state index contributed by atoms with van der Waals surface area (Å²) in [7, 11) is 0. The van der Waals surface area contributed by atoms with Gasteiger partial charge in [-0.3, -0.25) is 0 Å². The van der Waals surface area contributed by atoms with E-state index in [1.54, 1.807) is 18.3 Å². The first-order chi connectivity index (χ1) is 13.3. The third-order valence-corrected chi connectivity index (χ3v) is 5.11. The van der Waals surface area contributed by atoms with E-state index < -0.39 is 0 Å². The Labute approximate surface area is 161 Å². The molecule has 7 heteroatoms. The van der Waals surface area contributed by atoms with Crippen molar-refractivity contribution in [2.45, 2.75) is 9.92 Å². The van der Waals surface area contributed by atoms with Crippen molar-refractivity contribution in [3.05, 3.63) is 66.6 Å². The summed E-state index contributed by atoms with van der Waals surface area (Å²) in [6, 6.07) is 16.4. The number of ether oxygens (including phenoxy) is 1. The van der Waals surface area contributed by atoms with Gasteiger partial charge in [-0.25, -0.2) is 14.4 Å². The maximum Gasteiger partial charge on any atom is 0.228 e. The van der Waals surface area contributed by atoms with Crippen LogP contribution in [0.25, 0.3) is 0 Å². The number of halogens is 1. The molecule has 1 aliphatic heterocycles.